The summed E-state index contributed by atoms with van der Waals surface area (Å²) in [6.07, 6.45) is 0.452. The van der Waals surface area contributed by atoms with Crippen LogP contribution >= 0.6 is 0 Å². The van der Waals surface area contributed by atoms with E-state index >= 15 is 0 Å². The summed E-state index contributed by atoms with van der Waals surface area (Å²) >= 11 is 0. The maximum absolute atomic E-state index is 13.5. The largest absolute Gasteiger partial charge is 0.465 e. The standard InChI is InChI=1S/C12H21F2NO5S/c1-3-5-10(11(16)20-4-2)21(17,18)15-6-7-19-9-12(13,14)8-15/h10H,3-9H2,1-2H3. The van der Waals surface area contributed by atoms with Crippen LogP contribution in [0.2, 0.25) is 0 Å². The predicted molar refractivity (Wildman–Crippen MR) is 71.6 cm³/mol. The molecule has 0 bridgehead atoms. The SMILES string of the molecule is CCCC(C(=O)OCC)S(=O)(=O)N1CCOCC(F)(F)C1. The monoisotopic (exact) mass is 329 g/mol. The number of nitrogens with zero attached hydrogens (tertiary/aromatic N) is 1. The van der Waals surface area contributed by atoms with Crippen molar-refractivity contribution in [2.75, 3.05) is 32.9 Å². The molecule has 9 heteroatoms. The molecule has 0 spiro atoms. The Balaban J connectivity index is 3.00. The second-order valence-corrected chi connectivity index (χ2v) is 6.93. The van der Waals surface area contributed by atoms with E-state index in [2.05, 4.69) is 0 Å². The van der Waals surface area contributed by atoms with Gasteiger partial charge in [0.2, 0.25) is 10.0 Å². The van der Waals surface area contributed by atoms with Gasteiger partial charge in [0.15, 0.2) is 5.25 Å². The number of carbonyl (C=O) groups is 1. The van der Waals surface area contributed by atoms with Crippen LogP contribution in [-0.4, -0.2) is 62.8 Å². The van der Waals surface area contributed by atoms with E-state index in [0.29, 0.717) is 10.7 Å². The van der Waals surface area contributed by atoms with Crippen molar-refractivity contribution in [3.05, 3.63) is 0 Å². The summed E-state index contributed by atoms with van der Waals surface area (Å²) in [5.74, 6) is -4.16. The van der Waals surface area contributed by atoms with Crippen LogP contribution in [0.15, 0.2) is 0 Å². The lowest BCUT2D eigenvalue weighted by Crippen LogP contribution is -2.48. The molecule has 21 heavy (non-hydrogen) atoms. The first-order valence-electron chi connectivity index (χ1n) is 6.85. The lowest BCUT2D eigenvalue weighted by atomic mass is 10.2. The predicted octanol–water partition coefficient (Wildman–Crippen LogP) is 1.02. The number of hydrogen-bond acceptors (Lipinski definition) is 5. The van der Waals surface area contributed by atoms with E-state index in [1.807, 2.05) is 0 Å². The minimum atomic E-state index is -4.20. The highest BCUT2D eigenvalue weighted by Gasteiger charge is 2.44. The molecule has 0 N–H and O–H groups in total. The minimum Gasteiger partial charge on any atom is -0.465 e. The Hall–Kier alpha value is -0.800. The van der Waals surface area contributed by atoms with Crippen molar-refractivity contribution < 1.29 is 31.5 Å². The van der Waals surface area contributed by atoms with E-state index < -0.39 is 40.3 Å². The summed E-state index contributed by atoms with van der Waals surface area (Å²) in [4.78, 5) is 11.8. The molecule has 1 heterocycles. The number of ether oxygens (including phenoxy) is 2. The molecule has 0 saturated carbocycles. The van der Waals surface area contributed by atoms with E-state index in [4.69, 9.17) is 9.47 Å². The molecular formula is C12H21F2NO5S. The molecule has 1 fully saturated rings. The van der Waals surface area contributed by atoms with Crippen LogP contribution in [0.1, 0.15) is 26.7 Å². The number of hydrogen-bond donors (Lipinski definition) is 0. The maximum Gasteiger partial charge on any atom is 0.325 e. The van der Waals surface area contributed by atoms with E-state index in [-0.39, 0.29) is 26.2 Å². The smallest absolute Gasteiger partial charge is 0.325 e. The van der Waals surface area contributed by atoms with E-state index in [0.717, 1.165) is 0 Å². The molecule has 1 aliphatic heterocycles. The number of halogens is 2. The fraction of sp³-hybridized carbons (Fsp3) is 0.917. The molecule has 0 aromatic rings. The number of esters is 1. The molecule has 1 unspecified atom stereocenters. The zero-order valence-corrected chi connectivity index (χ0v) is 13.0. The lowest BCUT2D eigenvalue weighted by Gasteiger charge is -2.26. The molecule has 1 rings (SSSR count). The first-order chi connectivity index (χ1) is 9.74. The van der Waals surface area contributed by atoms with Crippen molar-refractivity contribution in [1.29, 1.82) is 0 Å². The molecule has 1 atom stereocenters. The third-order valence-electron chi connectivity index (χ3n) is 3.03. The first kappa shape index (κ1) is 18.2. The fourth-order valence-corrected chi connectivity index (χ4v) is 3.96. The van der Waals surface area contributed by atoms with Crippen LogP contribution in [-0.2, 0) is 24.3 Å². The van der Waals surface area contributed by atoms with Crippen LogP contribution in [0.4, 0.5) is 8.78 Å². The Labute approximate surface area is 123 Å². The molecule has 1 saturated heterocycles. The van der Waals surface area contributed by atoms with Crippen LogP contribution in [0.3, 0.4) is 0 Å². The highest BCUT2D eigenvalue weighted by Crippen LogP contribution is 2.24. The lowest BCUT2D eigenvalue weighted by molar-refractivity contribution is -0.142. The Morgan fingerprint density at radius 1 is 1.43 bits per heavy atom. The van der Waals surface area contributed by atoms with Crippen LogP contribution in [0.25, 0.3) is 0 Å². The van der Waals surface area contributed by atoms with Gasteiger partial charge in [-0.3, -0.25) is 4.79 Å². The van der Waals surface area contributed by atoms with Crippen molar-refractivity contribution in [2.24, 2.45) is 0 Å². The quantitative estimate of drug-likeness (QED) is 0.680. The summed E-state index contributed by atoms with van der Waals surface area (Å²) in [7, 11) is -4.20. The Bertz CT molecular complexity index is 455. The highest BCUT2D eigenvalue weighted by molar-refractivity contribution is 7.90. The van der Waals surface area contributed by atoms with Gasteiger partial charge in [-0.25, -0.2) is 17.2 Å². The van der Waals surface area contributed by atoms with Gasteiger partial charge in [-0.05, 0) is 13.3 Å². The Kier molecular flexibility index (Phi) is 6.48. The van der Waals surface area contributed by atoms with Gasteiger partial charge in [-0.1, -0.05) is 13.3 Å². The third-order valence-corrected chi connectivity index (χ3v) is 5.20. The molecule has 0 aromatic carbocycles. The van der Waals surface area contributed by atoms with E-state index in [1.165, 1.54) is 0 Å². The van der Waals surface area contributed by atoms with E-state index in [9.17, 15) is 22.0 Å². The second-order valence-electron chi connectivity index (χ2n) is 4.82. The minimum absolute atomic E-state index is 0.0318. The van der Waals surface area contributed by atoms with Crippen molar-refractivity contribution >= 4 is 16.0 Å². The molecule has 0 aliphatic carbocycles. The summed E-state index contributed by atoms with van der Waals surface area (Å²) in [5, 5.41) is -1.45. The van der Waals surface area contributed by atoms with Crippen LogP contribution < -0.4 is 0 Å². The van der Waals surface area contributed by atoms with Crippen LogP contribution in [0, 0.1) is 0 Å². The van der Waals surface area contributed by atoms with Gasteiger partial charge >= 0.3 is 5.97 Å². The van der Waals surface area contributed by atoms with Gasteiger partial charge in [-0.15, -0.1) is 0 Å². The van der Waals surface area contributed by atoms with Crippen molar-refractivity contribution in [1.82, 2.24) is 4.31 Å². The number of sulfonamides is 1. The summed E-state index contributed by atoms with van der Waals surface area (Å²) in [6, 6.07) is 0. The average molecular weight is 329 g/mol. The van der Waals surface area contributed by atoms with Gasteiger partial charge in [0, 0.05) is 6.54 Å². The van der Waals surface area contributed by atoms with Gasteiger partial charge in [0.05, 0.1) is 19.8 Å². The van der Waals surface area contributed by atoms with Crippen LogP contribution in [0.5, 0.6) is 0 Å². The second kappa shape index (κ2) is 7.46. The zero-order chi connectivity index (χ0) is 16.1. The number of carbonyl (C=O) groups excluding carboxylic acids is 1. The van der Waals surface area contributed by atoms with Crippen molar-refractivity contribution in [2.45, 2.75) is 37.9 Å². The third kappa shape index (κ3) is 4.86. The average Bonchev–Trinajstić information content (AvgIpc) is 2.57. The van der Waals surface area contributed by atoms with Gasteiger partial charge in [-0.2, -0.15) is 4.31 Å². The normalized spacial score (nSPS) is 21.5. The van der Waals surface area contributed by atoms with Crippen molar-refractivity contribution in [3.8, 4) is 0 Å². The molecule has 6 nitrogen and oxygen atoms in total. The molecule has 124 valence electrons. The number of rotatable bonds is 6. The topological polar surface area (TPSA) is 72.9 Å². The Morgan fingerprint density at radius 3 is 2.67 bits per heavy atom. The van der Waals surface area contributed by atoms with Gasteiger partial charge in [0.25, 0.3) is 5.92 Å². The summed E-state index contributed by atoms with van der Waals surface area (Å²) in [5.41, 5.74) is 0. The molecule has 1 aliphatic rings. The molecule has 0 aromatic heterocycles. The summed E-state index contributed by atoms with van der Waals surface area (Å²) < 4.78 is 62.0. The molecule has 0 radical (unpaired) electrons. The van der Waals surface area contributed by atoms with Crippen molar-refractivity contribution in [3.63, 3.8) is 0 Å². The fourth-order valence-electron chi connectivity index (χ4n) is 2.05. The van der Waals surface area contributed by atoms with Gasteiger partial charge < -0.3 is 9.47 Å². The summed E-state index contributed by atoms with van der Waals surface area (Å²) in [6.45, 7) is 1.18. The van der Waals surface area contributed by atoms with E-state index in [1.54, 1.807) is 13.8 Å². The highest BCUT2D eigenvalue weighted by atomic mass is 32.2. The first-order valence-corrected chi connectivity index (χ1v) is 8.36. The number of alkyl halides is 2. The Morgan fingerprint density at radius 2 is 2.10 bits per heavy atom. The maximum atomic E-state index is 13.5. The van der Waals surface area contributed by atoms with Gasteiger partial charge in [0.1, 0.15) is 6.61 Å². The zero-order valence-electron chi connectivity index (χ0n) is 12.2. The molecule has 0 amide bonds. The molecular weight excluding hydrogens is 308 g/mol.